The Morgan fingerprint density at radius 3 is 2.69 bits per heavy atom. The van der Waals surface area contributed by atoms with Gasteiger partial charge in [0, 0.05) is 11.9 Å². The molecule has 146 valence electrons. The monoisotopic (exact) mass is 423 g/mol. The molecule has 2 heterocycles. The Kier molecular flexibility index (Phi) is 6.17. The van der Waals surface area contributed by atoms with E-state index in [0.717, 1.165) is 16.1 Å². The zero-order valence-electron chi connectivity index (χ0n) is 15.5. The number of fused-ring (bicyclic) bond motifs is 1. The molecular formula is C22H18FN3OS2. The molecule has 4 aromatic rings. The molecule has 0 unspecified atom stereocenters. The molecular weight excluding hydrogens is 405 g/mol. The van der Waals surface area contributed by atoms with Crippen molar-refractivity contribution in [2.75, 3.05) is 10.7 Å². The fourth-order valence-electron chi connectivity index (χ4n) is 2.83. The lowest BCUT2D eigenvalue weighted by molar-refractivity contribution is -0.116. The number of aromatic nitrogens is 2. The average molecular weight is 424 g/mol. The van der Waals surface area contributed by atoms with E-state index in [-0.39, 0.29) is 11.7 Å². The predicted octanol–water partition coefficient (Wildman–Crippen LogP) is 5.30. The summed E-state index contributed by atoms with van der Waals surface area (Å²) in [5.41, 5.74) is 2.64. The van der Waals surface area contributed by atoms with Crippen LogP contribution in [-0.4, -0.2) is 21.6 Å². The average Bonchev–Trinajstić information content (AvgIpc) is 3.16. The second-order valence-corrected chi connectivity index (χ2v) is 8.38. The Balaban J connectivity index is 1.54. The Labute approximate surface area is 176 Å². The number of nitrogens with zero attached hydrogens (tertiary/aromatic N) is 3. The summed E-state index contributed by atoms with van der Waals surface area (Å²) in [7, 11) is 0. The highest BCUT2D eigenvalue weighted by atomic mass is 32.2. The lowest BCUT2D eigenvalue weighted by atomic mass is 10.2. The highest BCUT2D eigenvalue weighted by Crippen LogP contribution is 2.30. The first kappa shape index (κ1) is 19.5. The number of halogens is 1. The van der Waals surface area contributed by atoms with Gasteiger partial charge < -0.3 is 0 Å². The van der Waals surface area contributed by atoms with Crippen molar-refractivity contribution in [2.24, 2.45) is 0 Å². The predicted molar refractivity (Wildman–Crippen MR) is 118 cm³/mol. The zero-order valence-corrected chi connectivity index (χ0v) is 17.1. The molecule has 4 nitrogen and oxygen atoms in total. The van der Waals surface area contributed by atoms with E-state index in [1.807, 2.05) is 48.5 Å². The van der Waals surface area contributed by atoms with Crippen LogP contribution in [0.3, 0.4) is 0 Å². The number of carbonyl (C=O) groups excluding carboxylic acids is 1. The van der Waals surface area contributed by atoms with Gasteiger partial charge in [0.15, 0.2) is 5.13 Å². The molecule has 4 rings (SSSR count). The maximum Gasteiger partial charge on any atom is 0.239 e. The van der Waals surface area contributed by atoms with Crippen molar-refractivity contribution < 1.29 is 9.18 Å². The third-order valence-electron chi connectivity index (χ3n) is 4.25. The van der Waals surface area contributed by atoms with Crippen molar-refractivity contribution in [2.45, 2.75) is 12.3 Å². The third-order valence-corrected chi connectivity index (χ3v) is 6.28. The molecule has 0 aliphatic heterocycles. The number of carbonyl (C=O) groups is 1. The van der Waals surface area contributed by atoms with E-state index in [0.29, 0.717) is 22.9 Å². The van der Waals surface area contributed by atoms with Crippen LogP contribution in [0.5, 0.6) is 0 Å². The van der Waals surface area contributed by atoms with Gasteiger partial charge in [-0.2, -0.15) is 0 Å². The van der Waals surface area contributed by atoms with Crippen molar-refractivity contribution >= 4 is 44.4 Å². The summed E-state index contributed by atoms with van der Waals surface area (Å²) in [6.45, 7) is 0.327. The minimum Gasteiger partial charge on any atom is -0.281 e. The number of amides is 1. The molecule has 29 heavy (non-hydrogen) atoms. The zero-order chi connectivity index (χ0) is 20.1. The van der Waals surface area contributed by atoms with E-state index in [1.165, 1.54) is 29.0 Å². The Morgan fingerprint density at radius 1 is 1.07 bits per heavy atom. The molecule has 0 aliphatic rings. The van der Waals surface area contributed by atoms with Gasteiger partial charge >= 0.3 is 0 Å². The van der Waals surface area contributed by atoms with Crippen molar-refractivity contribution in [3.05, 3.63) is 90.0 Å². The number of hydrogen-bond acceptors (Lipinski definition) is 5. The molecule has 0 saturated carbocycles. The summed E-state index contributed by atoms with van der Waals surface area (Å²) in [6.07, 6.45) is 1.70. The maximum atomic E-state index is 13.6. The molecule has 2 aromatic carbocycles. The first-order valence-electron chi connectivity index (χ1n) is 9.07. The summed E-state index contributed by atoms with van der Waals surface area (Å²) in [6, 6.07) is 20.1. The van der Waals surface area contributed by atoms with Gasteiger partial charge in [0.05, 0.1) is 28.2 Å². The van der Waals surface area contributed by atoms with Gasteiger partial charge in [0.1, 0.15) is 5.82 Å². The van der Waals surface area contributed by atoms with Gasteiger partial charge in [-0.05, 0) is 35.9 Å². The fourth-order valence-corrected chi connectivity index (χ4v) is 4.69. The summed E-state index contributed by atoms with van der Waals surface area (Å²) in [5.74, 6) is 0.728. The van der Waals surface area contributed by atoms with Gasteiger partial charge in [0.2, 0.25) is 5.91 Å². The standard InChI is InChI=1S/C22H18FN3OS2/c23-17-9-10-19-20(12-17)29-22(25-19)26(13-18-8-4-5-11-24-18)21(27)15-28-14-16-6-2-1-3-7-16/h1-12H,13-15H2. The van der Waals surface area contributed by atoms with Crippen LogP contribution in [0, 0.1) is 5.82 Å². The maximum absolute atomic E-state index is 13.6. The second kappa shape index (κ2) is 9.15. The molecule has 0 fully saturated rings. The number of benzene rings is 2. The number of rotatable bonds is 7. The van der Waals surface area contributed by atoms with Crippen LogP contribution in [0.25, 0.3) is 10.2 Å². The van der Waals surface area contributed by atoms with E-state index in [2.05, 4.69) is 9.97 Å². The van der Waals surface area contributed by atoms with E-state index >= 15 is 0 Å². The quantitative estimate of drug-likeness (QED) is 0.405. The largest absolute Gasteiger partial charge is 0.281 e. The Bertz CT molecular complexity index is 1100. The molecule has 0 atom stereocenters. The lowest BCUT2D eigenvalue weighted by Gasteiger charge is -2.19. The minimum absolute atomic E-state index is 0.0453. The number of thioether (sulfide) groups is 1. The number of hydrogen-bond donors (Lipinski definition) is 0. The van der Waals surface area contributed by atoms with Crippen LogP contribution in [0.1, 0.15) is 11.3 Å². The third kappa shape index (κ3) is 4.99. The van der Waals surface area contributed by atoms with Crippen LogP contribution < -0.4 is 4.90 Å². The molecule has 0 saturated heterocycles. The van der Waals surface area contributed by atoms with Crippen molar-refractivity contribution in [3.8, 4) is 0 Å². The second-order valence-electron chi connectivity index (χ2n) is 6.39. The van der Waals surface area contributed by atoms with Crippen LogP contribution in [0.2, 0.25) is 0 Å². The molecule has 0 N–H and O–H groups in total. The first-order chi connectivity index (χ1) is 14.2. The fraction of sp³-hybridized carbons (Fsp3) is 0.136. The normalized spacial score (nSPS) is 10.9. The molecule has 0 aliphatic carbocycles. The summed E-state index contributed by atoms with van der Waals surface area (Å²) < 4.78 is 14.3. The summed E-state index contributed by atoms with van der Waals surface area (Å²) in [5, 5.41) is 0.557. The van der Waals surface area contributed by atoms with Gasteiger partial charge in [-0.25, -0.2) is 9.37 Å². The van der Waals surface area contributed by atoms with Crippen molar-refractivity contribution in [1.82, 2.24) is 9.97 Å². The van der Waals surface area contributed by atoms with Crippen LogP contribution >= 0.6 is 23.1 Å². The van der Waals surface area contributed by atoms with Crippen molar-refractivity contribution in [3.63, 3.8) is 0 Å². The molecule has 1 amide bonds. The number of anilines is 1. The molecule has 2 aromatic heterocycles. The van der Waals surface area contributed by atoms with Gasteiger partial charge in [0.25, 0.3) is 0 Å². The van der Waals surface area contributed by atoms with Crippen molar-refractivity contribution in [1.29, 1.82) is 0 Å². The van der Waals surface area contributed by atoms with E-state index in [9.17, 15) is 9.18 Å². The van der Waals surface area contributed by atoms with E-state index in [1.54, 1.807) is 28.9 Å². The van der Waals surface area contributed by atoms with Gasteiger partial charge in [-0.1, -0.05) is 47.7 Å². The first-order valence-corrected chi connectivity index (χ1v) is 11.0. The number of pyridine rings is 1. The minimum atomic E-state index is -0.311. The van der Waals surface area contributed by atoms with Crippen LogP contribution in [0.4, 0.5) is 9.52 Å². The highest BCUT2D eigenvalue weighted by molar-refractivity contribution is 7.99. The van der Waals surface area contributed by atoms with E-state index in [4.69, 9.17) is 0 Å². The SMILES string of the molecule is O=C(CSCc1ccccc1)N(Cc1ccccn1)c1nc2ccc(F)cc2s1. The highest BCUT2D eigenvalue weighted by Gasteiger charge is 2.21. The lowest BCUT2D eigenvalue weighted by Crippen LogP contribution is -2.32. The van der Waals surface area contributed by atoms with Gasteiger partial charge in [-0.3, -0.25) is 14.7 Å². The van der Waals surface area contributed by atoms with E-state index < -0.39 is 0 Å². The summed E-state index contributed by atoms with van der Waals surface area (Å²) >= 11 is 2.88. The Hall–Kier alpha value is -2.77. The van der Waals surface area contributed by atoms with Crippen LogP contribution in [-0.2, 0) is 17.1 Å². The smallest absolute Gasteiger partial charge is 0.239 e. The molecule has 7 heteroatoms. The molecule has 0 spiro atoms. The topological polar surface area (TPSA) is 46.1 Å². The summed E-state index contributed by atoms with van der Waals surface area (Å²) in [4.78, 5) is 23.6. The van der Waals surface area contributed by atoms with Crippen LogP contribution in [0.15, 0.2) is 72.9 Å². The Morgan fingerprint density at radius 2 is 1.90 bits per heavy atom. The van der Waals surface area contributed by atoms with Gasteiger partial charge in [-0.15, -0.1) is 11.8 Å². The number of thiazole rings is 1. The molecule has 0 radical (unpaired) electrons. The molecule has 0 bridgehead atoms.